The zero-order valence-corrected chi connectivity index (χ0v) is 14.3. The lowest BCUT2D eigenvalue weighted by Gasteiger charge is -2.07. The maximum absolute atomic E-state index is 12.4. The number of aryl methyl sites for hydroxylation is 1. The number of aromatic nitrogens is 1. The summed E-state index contributed by atoms with van der Waals surface area (Å²) in [5.74, 6) is 0. The second-order valence-electron chi connectivity index (χ2n) is 4.11. The molecule has 2 aromatic heterocycles. The van der Waals surface area contributed by atoms with Crippen molar-refractivity contribution in [1.29, 1.82) is 0 Å². The Kier molecular flexibility index (Phi) is 3.57. The Balaban J connectivity index is 1.98. The SMILES string of the molecule is Cc1sc(Br)cc1S(=O)(=O)Nc1ccc2ncsc2c1. The zero-order valence-electron chi connectivity index (χ0n) is 10.3. The van der Waals surface area contributed by atoms with Crippen LogP contribution in [0, 0.1) is 6.92 Å². The standard InChI is InChI=1S/C12H9BrN2O2S3/c1-7-11(5-12(13)19-7)20(16,17)15-8-2-3-9-10(4-8)18-6-14-9/h2-6,15H,1H3. The highest BCUT2D eigenvalue weighted by Crippen LogP contribution is 2.31. The number of rotatable bonds is 3. The van der Waals surface area contributed by atoms with Crippen molar-refractivity contribution in [3.05, 3.63) is 38.4 Å². The Morgan fingerprint density at radius 2 is 2.10 bits per heavy atom. The minimum Gasteiger partial charge on any atom is -0.280 e. The monoisotopic (exact) mass is 388 g/mol. The van der Waals surface area contributed by atoms with Gasteiger partial charge in [-0.2, -0.15) is 0 Å². The van der Waals surface area contributed by atoms with E-state index in [-0.39, 0.29) is 0 Å². The first-order valence-corrected chi connectivity index (χ1v) is 9.55. The molecule has 0 aliphatic heterocycles. The average molecular weight is 389 g/mol. The molecule has 1 N–H and O–H groups in total. The highest BCUT2D eigenvalue weighted by molar-refractivity contribution is 9.11. The first kappa shape index (κ1) is 14.0. The van der Waals surface area contributed by atoms with Crippen LogP contribution in [-0.4, -0.2) is 13.4 Å². The lowest BCUT2D eigenvalue weighted by Crippen LogP contribution is -2.12. The summed E-state index contributed by atoms with van der Waals surface area (Å²) < 4.78 is 29.1. The number of nitrogens with one attached hydrogen (secondary N) is 1. The summed E-state index contributed by atoms with van der Waals surface area (Å²) in [7, 11) is -3.56. The molecule has 0 atom stereocenters. The average Bonchev–Trinajstić information content (AvgIpc) is 2.94. The molecule has 4 nitrogen and oxygen atoms in total. The van der Waals surface area contributed by atoms with Crippen LogP contribution in [0.25, 0.3) is 10.2 Å². The predicted octanol–water partition coefficient (Wildman–Crippen LogP) is 4.23. The van der Waals surface area contributed by atoms with Gasteiger partial charge in [-0.1, -0.05) is 0 Å². The highest BCUT2D eigenvalue weighted by atomic mass is 79.9. The van der Waals surface area contributed by atoms with Gasteiger partial charge in [-0.3, -0.25) is 4.72 Å². The molecule has 0 radical (unpaired) electrons. The Morgan fingerprint density at radius 3 is 2.80 bits per heavy atom. The van der Waals surface area contributed by atoms with Crippen molar-refractivity contribution in [2.24, 2.45) is 0 Å². The molecular formula is C12H9BrN2O2S3. The number of hydrogen-bond acceptors (Lipinski definition) is 5. The van der Waals surface area contributed by atoms with E-state index in [1.807, 2.05) is 0 Å². The maximum atomic E-state index is 12.4. The lowest BCUT2D eigenvalue weighted by atomic mass is 10.3. The lowest BCUT2D eigenvalue weighted by molar-refractivity contribution is 0.601. The number of hydrogen-bond donors (Lipinski definition) is 1. The van der Waals surface area contributed by atoms with Crippen LogP contribution in [0.4, 0.5) is 5.69 Å². The van der Waals surface area contributed by atoms with E-state index in [1.165, 1.54) is 22.7 Å². The fraction of sp³-hybridized carbons (Fsp3) is 0.0833. The van der Waals surface area contributed by atoms with Crippen molar-refractivity contribution in [3.8, 4) is 0 Å². The van der Waals surface area contributed by atoms with Crippen LogP contribution < -0.4 is 4.72 Å². The van der Waals surface area contributed by atoms with Crippen molar-refractivity contribution >= 4 is 64.5 Å². The third-order valence-electron chi connectivity index (χ3n) is 2.72. The molecule has 20 heavy (non-hydrogen) atoms. The van der Waals surface area contributed by atoms with Crippen LogP contribution in [0.1, 0.15) is 4.88 Å². The Labute approximate surface area is 132 Å². The van der Waals surface area contributed by atoms with Gasteiger partial charge in [0.2, 0.25) is 0 Å². The first-order chi connectivity index (χ1) is 9.45. The molecule has 0 fully saturated rings. The maximum Gasteiger partial charge on any atom is 0.263 e. The summed E-state index contributed by atoms with van der Waals surface area (Å²) in [4.78, 5) is 5.23. The predicted molar refractivity (Wildman–Crippen MR) is 87.2 cm³/mol. The number of thiophene rings is 1. The quantitative estimate of drug-likeness (QED) is 0.729. The van der Waals surface area contributed by atoms with Crippen LogP contribution in [0.2, 0.25) is 0 Å². The molecule has 0 saturated heterocycles. The second-order valence-corrected chi connectivity index (χ2v) is 9.28. The van der Waals surface area contributed by atoms with Gasteiger partial charge in [0.1, 0.15) is 4.90 Å². The van der Waals surface area contributed by atoms with E-state index < -0.39 is 10.0 Å². The molecule has 0 amide bonds. The molecule has 2 heterocycles. The molecule has 0 unspecified atom stereocenters. The van der Waals surface area contributed by atoms with Gasteiger partial charge < -0.3 is 0 Å². The van der Waals surface area contributed by atoms with Gasteiger partial charge in [0.05, 0.1) is 25.2 Å². The molecule has 8 heteroatoms. The molecule has 0 aliphatic carbocycles. The van der Waals surface area contributed by atoms with Gasteiger partial charge in [-0.25, -0.2) is 13.4 Å². The van der Waals surface area contributed by atoms with Crippen LogP contribution in [0.3, 0.4) is 0 Å². The third-order valence-corrected chi connectivity index (χ3v) is 6.70. The molecule has 0 aliphatic rings. The minimum atomic E-state index is -3.56. The van der Waals surface area contributed by atoms with E-state index in [0.717, 1.165) is 18.9 Å². The molecule has 0 spiro atoms. The number of benzene rings is 1. The number of nitrogens with zero attached hydrogens (tertiary/aromatic N) is 1. The second kappa shape index (κ2) is 5.10. The molecule has 104 valence electrons. The fourth-order valence-corrected chi connectivity index (χ4v) is 6.01. The molecule has 3 aromatic rings. The highest BCUT2D eigenvalue weighted by Gasteiger charge is 2.19. The summed E-state index contributed by atoms with van der Waals surface area (Å²) >= 11 is 6.19. The summed E-state index contributed by atoms with van der Waals surface area (Å²) in [5, 5.41) is 0. The number of sulfonamides is 1. The van der Waals surface area contributed by atoms with E-state index in [1.54, 1.807) is 36.7 Å². The van der Waals surface area contributed by atoms with E-state index in [2.05, 4.69) is 25.6 Å². The smallest absolute Gasteiger partial charge is 0.263 e. The number of fused-ring (bicyclic) bond motifs is 1. The summed E-state index contributed by atoms with van der Waals surface area (Å²) in [5.41, 5.74) is 3.15. The van der Waals surface area contributed by atoms with Gasteiger partial charge in [-0.15, -0.1) is 22.7 Å². The fourth-order valence-electron chi connectivity index (χ4n) is 1.83. The Hall–Kier alpha value is -0.960. The van der Waals surface area contributed by atoms with E-state index in [4.69, 9.17) is 0 Å². The van der Waals surface area contributed by atoms with E-state index in [0.29, 0.717) is 10.6 Å². The van der Waals surface area contributed by atoms with Gasteiger partial charge in [0.25, 0.3) is 10.0 Å². The Bertz CT molecular complexity index is 883. The third kappa shape index (κ3) is 2.60. The first-order valence-electron chi connectivity index (χ1n) is 5.58. The van der Waals surface area contributed by atoms with E-state index in [9.17, 15) is 8.42 Å². The molecule has 0 saturated carbocycles. The molecule has 0 bridgehead atoms. The van der Waals surface area contributed by atoms with Crippen molar-refractivity contribution in [3.63, 3.8) is 0 Å². The van der Waals surface area contributed by atoms with Crippen molar-refractivity contribution in [2.45, 2.75) is 11.8 Å². The van der Waals surface area contributed by atoms with Gasteiger partial charge in [0, 0.05) is 4.88 Å². The largest absolute Gasteiger partial charge is 0.280 e. The number of thiazole rings is 1. The van der Waals surface area contributed by atoms with Crippen LogP contribution >= 0.6 is 38.6 Å². The van der Waals surface area contributed by atoms with Gasteiger partial charge in [0.15, 0.2) is 0 Å². The topological polar surface area (TPSA) is 59.1 Å². The van der Waals surface area contributed by atoms with Gasteiger partial charge in [-0.05, 0) is 47.1 Å². The minimum absolute atomic E-state index is 0.304. The molecule has 1 aromatic carbocycles. The summed E-state index contributed by atoms with van der Waals surface area (Å²) in [6.45, 7) is 1.79. The zero-order chi connectivity index (χ0) is 14.3. The molecular weight excluding hydrogens is 380 g/mol. The summed E-state index contributed by atoms with van der Waals surface area (Å²) in [6, 6.07) is 6.94. The Morgan fingerprint density at radius 1 is 1.30 bits per heavy atom. The van der Waals surface area contributed by atoms with Crippen molar-refractivity contribution in [2.75, 3.05) is 4.72 Å². The van der Waals surface area contributed by atoms with Crippen LogP contribution in [-0.2, 0) is 10.0 Å². The normalized spacial score (nSPS) is 11.9. The van der Waals surface area contributed by atoms with Crippen LogP contribution in [0.5, 0.6) is 0 Å². The van der Waals surface area contributed by atoms with Gasteiger partial charge >= 0.3 is 0 Å². The molecule has 3 rings (SSSR count). The van der Waals surface area contributed by atoms with Crippen molar-refractivity contribution < 1.29 is 8.42 Å². The number of halogens is 1. The van der Waals surface area contributed by atoms with Crippen LogP contribution in [0.15, 0.2) is 38.5 Å². The van der Waals surface area contributed by atoms with E-state index >= 15 is 0 Å². The van der Waals surface area contributed by atoms with Crippen molar-refractivity contribution in [1.82, 2.24) is 4.98 Å². The number of anilines is 1. The summed E-state index contributed by atoms with van der Waals surface area (Å²) in [6.07, 6.45) is 0.